The van der Waals surface area contributed by atoms with Crippen LogP contribution in [0.2, 0.25) is 0 Å². The van der Waals surface area contributed by atoms with Gasteiger partial charge in [0, 0.05) is 24.7 Å². The van der Waals surface area contributed by atoms with E-state index in [1.807, 2.05) is 48.5 Å². The lowest BCUT2D eigenvalue weighted by Gasteiger charge is -2.13. The smallest absolute Gasteiger partial charge is 0.253 e. The van der Waals surface area contributed by atoms with Crippen LogP contribution in [0.5, 0.6) is 0 Å². The summed E-state index contributed by atoms with van der Waals surface area (Å²) in [4.78, 5) is 24.5. The molecule has 3 N–H and O–H groups in total. The van der Waals surface area contributed by atoms with Crippen LogP contribution >= 0.6 is 0 Å². The highest BCUT2D eigenvalue weighted by Crippen LogP contribution is 2.24. The van der Waals surface area contributed by atoms with E-state index in [0.717, 1.165) is 37.1 Å². The molecule has 2 aromatic carbocycles. The Bertz CT molecular complexity index is 740. The van der Waals surface area contributed by atoms with Crippen molar-refractivity contribution in [2.75, 3.05) is 18.4 Å². The second-order valence-corrected chi connectivity index (χ2v) is 6.56. The fourth-order valence-electron chi connectivity index (χ4n) is 3.26. The molecule has 0 aromatic heterocycles. The fraction of sp³-hybridized carbons (Fsp3) is 0.333. The third-order valence-corrected chi connectivity index (χ3v) is 4.66. The van der Waals surface area contributed by atoms with Gasteiger partial charge in [-0.2, -0.15) is 0 Å². The Morgan fingerprint density at radius 3 is 2.27 bits per heavy atom. The quantitative estimate of drug-likeness (QED) is 0.669. The highest BCUT2D eigenvalue weighted by Gasteiger charge is 2.22. The number of anilines is 2. The second-order valence-electron chi connectivity index (χ2n) is 6.56. The van der Waals surface area contributed by atoms with Gasteiger partial charge in [0.15, 0.2) is 0 Å². The zero-order valence-electron chi connectivity index (χ0n) is 14.8. The minimum atomic E-state index is -0.154. The maximum atomic E-state index is 12.5. The molecule has 2 amide bonds. The molecule has 0 bridgehead atoms. The van der Waals surface area contributed by atoms with Crippen LogP contribution in [0, 0.1) is 5.92 Å². The number of hydrogen-bond donors (Lipinski definition) is 3. The van der Waals surface area contributed by atoms with Crippen molar-refractivity contribution in [3.05, 3.63) is 60.2 Å². The predicted molar refractivity (Wildman–Crippen MR) is 103 cm³/mol. The van der Waals surface area contributed by atoms with Crippen molar-refractivity contribution >= 4 is 23.2 Å². The largest absolute Gasteiger partial charge is 0.355 e. The first-order chi connectivity index (χ1) is 12.7. The van der Waals surface area contributed by atoms with Crippen LogP contribution in [-0.4, -0.2) is 24.9 Å². The molecule has 0 saturated heterocycles. The van der Waals surface area contributed by atoms with Gasteiger partial charge in [0.05, 0.1) is 11.3 Å². The molecule has 0 heterocycles. The van der Waals surface area contributed by atoms with Crippen molar-refractivity contribution in [1.29, 1.82) is 0 Å². The average Bonchev–Trinajstić information content (AvgIpc) is 3.21. The molecule has 5 nitrogen and oxygen atoms in total. The molecule has 0 aliphatic heterocycles. The third-order valence-electron chi connectivity index (χ3n) is 4.66. The van der Waals surface area contributed by atoms with Crippen LogP contribution in [-0.2, 0) is 4.79 Å². The van der Waals surface area contributed by atoms with Crippen LogP contribution in [0.25, 0.3) is 0 Å². The maximum Gasteiger partial charge on any atom is 0.253 e. The van der Waals surface area contributed by atoms with Crippen LogP contribution < -0.4 is 16.0 Å². The van der Waals surface area contributed by atoms with E-state index in [-0.39, 0.29) is 17.7 Å². The van der Waals surface area contributed by atoms with Crippen LogP contribution in [0.3, 0.4) is 0 Å². The van der Waals surface area contributed by atoms with Crippen LogP contribution in [0.1, 0.15) is 36.0 Å². The first kappa shape index (κ1) is 18.0. The summed E-state index contributed by atoms with van der Waals surface area (Å²) >= 11 is 0. The number of carbonyl (C=O) groups excluding carboxylic acids is 2. The fourth-order valence-corrected chi connectivity index (χ4v) is 3.26. The van der Waals surface area contributed by atoms with Gasteiger partial charge < -0.3 is 16.0 Å². The Labute approximate surface area is 154 Å². The Morgan fingerprint density at radius 1 is 0.846 bits per heavy atom. The third kappa shape index (κ3) is 4.85. The number of para-hydroxylation sites is 2. The minimum Gasteiger partial charge on any atom is -0.355 e. The molecule has 136 valence electrons. The molecule has 0 unspecified atom stereocenters. The van der Waals surface area contributed by atoms with Crippen molar-refractivity contribution in [3.63, 3.8) is 0 Å². The lowest BCUT2D eigenvalue weighted by Crippen LogP contribution is -2.37. The van der Waals surface area contributed by atoms with Crippen LogP contribution in [0.15, 0.2) is 54.6 Å². The zero-order valence-corrected chi connectivity index (χ0v) is 14.8. The van der Waals surface area contributed by atoms with Crippen molar-refractivity contribution in [2.24, 2.45) is 5.92 Å². The molecule has 1 saturated carbocycles. The molecule has 1 aliphatic carbocycles. The topological polar surface area (TPSA) is 70.2 Å². The second kappa shape index (κ2) is 9.04. The van der Waals surface area contributed by atoms with Crippen molar-refractivity contribution in [3.8, 4) is 0 Å². The number of hydrogen-bond acceptors (Lipinski definition) is 3. The molecule has 0 atom stereocenters. The lowest BCUT2D eigenvalue weighted by atomic mass is 10.1. The van der Waals surface area contributed by atoms with Gasteiger partial charge >= 0.3 is 0 Å². The average molecular weight is 351 g/mol. The summed E-state index contributed by atoms with van der Waals surface area (Å²) in [5.74, 6) is 0.114. The molecule has 1 fully saturated rings. The van der Waals surface area contributed by atoms with Crippen molar-refractivity contribution in [1.82, 2.24) is 10.6 Å². The van der Waals surface area contributed by atoms with E-state index < -0.39 is 0 Å². The molecule has 0 radical (unpaired) electrons. The maximum absolute atomic E-state index is 12.5. The van der Waals surface area contributed by atoms with Crippen LogP contribution in [0.4, 0.5) is 11.4 Å². The van der Waals surface area contributed by atoms with Crippen molar-refractivity contribution in [2.45, 2.75) is 25.7 Å². The Morgan fingerprint density at radius 2 is 1.50 bits per heavy atom. The van der Waals surface area contributed by atoms with E-state index in [1.165, 1.54) is 0 Å². The summed E-state index contributed by atoms with van der Waals surface area (Å²) in [5, 5.41) is 9.06. The number of nitrogens with one attached hydrogen (secondary N) is 3. The Hall–Kier alpha value is -2.82. The molecule has 0 spiro atoms. The van der Waals surface area contributed by atoms with Gasteiger partial charge in [0.2, 0.25) is 5.91 Å². The van der Waals surface area contributed by atoms with E-state index in [9.17, 15) is 9.59 Å². The molecule has 5 heteroatoms. The lowest BCUT2D eigenvalue weighted by molar-refractivity contribution is -0.124. The first-order valence-corrected chi connectivity index (χ1v) is 9.21. The van der Waals surface area contributed by atoms with Gasteiger partial charge in [-0.05, 0) is 37.1 Å². The van der Waals surface area contributed by atoms with E-state index in [1.54, 1.807) is 6.07 Å². The summed E-state index contributed by atoms with van der Waals surface area (Å²) in [6, 6.07) is 17.1. The first-order valence-electron chi connectivity index (χ1n) is 9.21. The summed E-state index contributed by atoms with van der Waals surface area (Å²) in [5.41, 5.74) is 2.27. The molecule has 26 heavy (non-hydrogen) atoms. The van der Waals surface area contributed by atoms with E-state index >= 15 is 0 Å². The highest BCUT2D eigenvalue weighted by molar-refractivity contribution is 6.00. The molecule has 1 aliphatic rings. The van der Waals surface area contributed by atoms with Gasteiger partial charge in [0.25, 0.3) is 5.91 Å². The van der Waals surface area contributed by atoms with Gasteiger partial charge in [-0.1, -0.05) is 43.2 Å². The summed E-state index contributed by atoms with van der Waals surface area (Å²) in [7, 11) is 0. The number of rotatable bonds is 7. The number of benzene rings is 2. The summed E-state index contributed by atoms with van der Waals surface area (Å²) in [6.45, 7) is 0.867. The minimum absolute atomic E-state index is 0.114. The van der Waals surface area contributed by atoms with Gasteiger partial charge in [-0.25, -0.2) is 0 Å². The van der Waals surface area contributed by atoms with E-state index in [4.69, 9.17) is 0 Å². The van der Waals surface area contributed by atoms with Crippen molar-refractivity contribution < 1.29 is 9.59 Å². The number of amides is 2. The van der Waals surface area contributed by atoms with Gasteiger partial charge in [0.1, 0.15) is 0 Å². The van der Waals surface area contributed by atoms with E-state index in [0.29, 0.717) is 18.7 Å². The van der Waals surface area contributed by atoms with Gasteiger partial charge in [-0.15, -0.1) is 0 Å². The monoisotopic (exact) mass is 351 g/mol. The van der Waals surface area contributed by atoms with E-state index in [2.05, 4.69) is 16.0 Å². The Balaban J connectivity index is 1.50. The highest BCUT2D eigenvalue weighted by atomic mass is 16.2. The zero-order chi connectivity index (χ0) is 18.2. The Kier molecular flexibility index (Phi) is 6.25. The predicted octanol–water partition coefficient (Wildman–Crippen LogP) is 3.47. The standard InChI is InChI=1S/C21H25N3O2/c25-20(16-8-4-5-9-16)22-14-15-23-21(26)18-12-6-7-13-19(18)24-17-10-2-1-3-11-17/h1-3,6-7,10-13,16,24H,4-5,8-9,14-15H2,(H,22,25)(H,23,26). The molecular weight excluding hydrogens is 326 g/mol. The molecule has 3 rings (SSSR count). The number of carbonyl (C=O) groups is 2. The van der Waals surface area contributed by atoms with Gasteiger partial charge in [-0.3, -0.25) is 9.59 Å². The summed E-state index contributed by atoms with van der Waals surface area (Å²) < 4.78 is 0. The molecular formula is C21H25N3O2. The SMILES string of the molecule is O=C(NCCNC(=O)C1CCCC1)c1ccccc1Nc1ccccc1. The normalized spacial score (nSPS) is 14.0. The molecule has 2 aromatic rings. The summed E-state index contributed by atoms with van der Waals surface area (Å²) in [6.07, 6.45) is 4.24.